The van der Waals surface area contributed by atoms with Crippen molar-refractivity contribution >= 4 is 34.2 Å². The Morgan fingerprint density at radius 3 is 2.32 bits per heavy atom. The fraction of sp³-hybridized carbons (Fsp3) is 0.250. The van der Waals surface area contributed by atoms with Gasteiger partial charge in [0, 0.05) is 9.61 Å². The van der Waals surface area contributed by atoms with Crippen LogP contribution in [0.5, 0.6) is 0 Å². The number of nitrogens with two attached hydrogens (primary N) is 1. The summed E-state index contributed by atoms with van der Waals surface area (Å²) in [4.78, 5) is 0. The second-order valence-electron chi connectivity index (χ2n) is 4.98. The first kappa shape index (κ1) is 14.8. The van der Waals surface area contributed by atoms with Crippen LogP contribution in [-0.4, -0.2) is 0 Å². The molecule has 0 saturated carbocycles. The van der Waals surface area contributed by atoms with Crippen LogP contribution in [0.4, 0.5) is 0 Å². The van der Waals surface area contributed by atoms with Gasteiger partial charge in [0.05, 0.1) is 5.02 Å². The summed E-state index contributed by atoms with van der Waals surface area (Å²) < 4.78 is 1.06. The molecular formula is C16H17ClIN. The van der Waals surface area contributed by atoms with Gasteiger partial charge in [0.25, 0.3) is 0 Å². The topological polar surface area (TPSA) is 26.0 Å². The summed E-state index contributed by atoms with van der Waals surface area (Å²) >= 11 is 8.37. The summed E-state index contributed by atoms with van der Waals surface area (Å²) in [6, 6.07) is 12.6. The highest BCUT2D eigenvalue weighted by Gasteiger charge is 2.09. The highest BCUT2D eigenvalue weighted by Crippen LogP contribution is 2.24. The van der Waals surface area contributed by atoms with Gasteiger partial charge < -0.3 is 5.73 Å². The average molecular weight is 386 g/mol. The normalized spacial score (nSPS) is 12.5. The third-order valence-electron chi connectivity index (χ3n) is 3.11. The number of halogens is 2. The number of aryl methyl sites for hydroxylation is 2. The zero-order chi connectivity index (χ0) is 14.0. The van der Waals surface area contributed by atoms with Gasteiger partial charge in [0.2, 0.25) is 0 Å². The molecule has 0 heterocycles. The van der Waals surface area contributed by atoms with Crippen LogP contribution >= 0.6 is 34.2 Å². The van der Waals surface area contributed by atoms with Crippen molar-refractivity contribution in [3.63, 3.8) is 0 Å². The van der Waals surface area contributed by atoms with E-state index in [9.17, 15) is 0 Å². The summed E-state index contributed by atoms with van der Waals surface area (Å²) in [5.41, 5.74) is 11.2. The van der Waals surface area contributed by atoms with Crippen LogP contribution in [0.3, 0.4) is 0 Å². The van der Waals surface area contributed by atoms with Gasteiger partial charge in [0.1, 0.15) is 0 Å². The SMILES string of the molecule is Cc1cc(C)cc(CC(N)c2ccc(I)c(Cl)c2)c1. The second kappa shape index (κ2) is 6.25. The molecule has 1 atom stereocenters. The lowest BCUT2D eigenvalue weighted by Gasteiger charge is -2.14. The molecule has 0 fully saturated rings. The quantitative estimate of drug-likeness (QED) is 0.754. The molecule has 0 radical (unpaired) electrons. The Kier molecular flexibility index (Phi) is 4.87. The summed E-state index contributed by atoms with van der Waals surface area (Å²) in [6.45, 7) is 4.23. The van der Waals surface area contributed by atoms with Gasteiger partial charge in [-0.1, -0.05) is 47.0 Å². The molecule has 2 N–H and O–H groups in total. The summed E-state index contributed by atoms with van der Waals surface area (Å²) in [5, 5.41) is 0.772. The molecule has 2 aromatic carbocycles. The lowest BCUT2D eigenvalue weighted by Crippen LogP contribution is -2.13. The lowest BCUT2D eigenvalue weighted by atomic mass is 9.97. The fourth-order valence-corrected chi connectivity index (χ4v) is 2.83. The van der Waals surface area contributed by atoms with Gasteiger partial charge in [-0.15, -0.1) is 0 Å². The van der Waals surface area contributed by atoms with E-state index in [0.717, 1.165) is 20.6 Å². The Morgan fingerprint density at radius 1 is 1.11 bits per heavy atom. The summed E-state index contributed by atoms with van der Waals surface area (Å²) in [6.07, 6.45) is 0.833. The highest BCUT2D eigenvalue weighted by atomic mass is 127. The second-order valence-corrected chi connectivity index (χ2v) is 6.55. The van der Waals surface area contributed by atoms with E-state index in [4.69, 9.17) is 17.3 Å². The average Bonchev–Trinajstić information content (AvgIpc) is 2.31. The highest BCUT2D eigenvalue weighted by molar-refractivity contribution is 14.1. The van der Waals surface area contributed by atoms with Gasteiger partial charge >= 0.3 is 0 Å². The molecule has 0 bridgehead atoms. The molecule has 19 heavy (non-hydrogen) atoms. The lowest BCUT2D eigenvalue weighted by molar-refractivity contribution is 0.721. The van der Waals surface area contributed by atoms with Crippen LogP contribution in [0.2, 0.25) is 5.02 Å². The predicted molar refractivity (Wildman–Crippen MR) is 90.7 cm³/mol. The van der Waals surface area contributed by atoms with E-state index in [1.54, 1.807) is 0 Å². The number of benzene rings is 2. The van der Waals surface area contributed by atoms with Gasteiger partial charge in [-0.3, -0.25) is 0 Å². The maximum atomic E-state index is 6.29. The fourth-order valence-electron chi connectivity index (χ4n) is 2.30. The van der Waals surface area contributed by atoms with Gasteiger partial charge in [-0.25, -0.2) is 0 Å². The van der Waals surface area contributed by atoms with Gasteiger partial charge in [-0.05, 0) is 66.1 Å². The maximum Gasteiger partial charge on any atom is 0.0542 e. The molecule has 3 heteroatoms. The molecule has 0 saturated heterocycles. The monoisotopic (exact) mass is 385 g/mol. The minimum Gasteiger partial charge on any atom is -0.324 e. The van der Waals surface area contributed by atoms with Crippen molar-refractivity contribution < 1.29 is 0 Å². The molecule has 0 spiro atoms. The van der Waals surface area contributed by atoms with Crippen molar-refractivity contribution in [1.29, 1.82) is 0 Å². The van der Waals surface area contributed by atoms with E-state index in [0.29, 0.717) is 0 Å². The molecule has 0 aromatic heterocycles. The molecule has 1 nitrogen and oxygen atoms in total. The van der Waals surface area contributed by atoms with Gasteiger partial charge in [-0.2, -0.15) is 0 Å². The number of rotatable bonds is 3. The van der Waals surface area contributed by atoms with Crippen molar-refractivity contribution in [2.75, 3.05) is 0 Å². The van der Waals surface area contributed by atoms with Crippen LogP contribution in [-0.2, 0) is 6.42 Å². The number of hydrogen-bond acceptors (Lipinski definition) is 1. The molecule has 0 aliphatic heterocycles. The number of hydrogen-bond donors (Lipinski definition) is 1. The van der Waals surface area contributed by atoms with Crippen molar-refractivity contribution in [2.45, 2.75) is 26.3 Å². The molecule has 2 aromatic rings. The zero-order valence-electron chi connectivity index (χ0n) is 11.1. The van der Waals surface area contributed by atoms with Crippen molar-refractivity contribution in [1.82, 2.24) is 0 Å². The minimum atomic E-state index is -0.0179. The minimum absolute atomic E-state index is 0.0179. The first-order valence-corrected chi connectivity index (χ1v) is 7.69. The molecule has 1 unspecified atom stereocenters. The Morgan fingerprint density at radius 2 is 1.74 bits per heavy atom. The smallest absolute Gasteiger partial charge is 0.0542 e. The van der Waals surface area contributed by atoms with Crippen LogP contribution in [0.15, 0.2) is 36.4 Å². The van der Waals surface area contributed by atoms with Crippen molar-refractivity contribution in [3.8, 4) is 0 Å². The zero-order valence-corrected chi connectivity index (χ0v) is 14.0. The maximum absolute atomic E-state index is 6.29. The predicted octanol–water partition coefficient (Wildman–Crippen LogP) is 4.80. The summed E-state index contributed by atoms with van der Waals surface area (Å²) in [7, 11) is 0. The Balaban J connectivity index is 2.20. The molecule has 0 amide bonds. The summed E-state index contributed by atoms with van der Waals surface area (Å²) in [5.74, 6) is 0. The van der Waals surface area contributed by atoms with E-state index >= 15 is 0 Å². The largest absolute Gasteiger partial charge is 0.324 e. The van der Waals surface area contributed by atoms with E-state index < -0.39 is 0 Å². The van der Waals surface area contributed by atoms with Crippen LogP contribution in [0, 0.1) is 17.4 Å². The van der Waals surface area contributed by atoms with Crippen molar-refractivity contribution in [2.24, 2.45) is 5.73 Å². The molecule has 100 valence electrons. The van der Waals surface area contributed by atoms with E-state index in [1.165, 1.54) is 16.7 Å². The molecule has 2 rings (SSSR count). The van der Waals surface area contributed by atoms with E-state index in [1.807, 2.05) is 12.1 Å². The van der Waals surface area contributed by atoms with Crippen molar-refractivity contribution in [3.05, 3.63) is 67.2 Å². The van der Waals surface area contributed by atoms with Crippen LogP contribution in [0.1, 0.15) is 28.3 Å². The standard InChI is InChI=1S/C16H17ClIN/c1-10-5-11(2)7-12(6-10)8-16(19)13-3-4-15(18)14(17)9-13/h3-7,9,16H,8,19H2,1-2H3. The third kappa shape index (κ3) is 3.94. The Bertz CT molecular complexity index is 575. The molecule has 0 aliphatic carbocycles. The van der Waals surface area contributed by atoms with Gasteiger partial charge in [0.15, 0.2) is 0 Å². The van der Waals surface area contributed by atoms with E-state index in [-0.39, 0.29) is 6.04 Å². The third-order valence-corrected chi connectivity index (χ3v) is 4.68. The molecular weight excluding hydrogens is 369 g/mol. The first-order valence-electron chi connectivity index (χ1n) is 6.23. The molecule has 0 aliphatic rings. The van der Waals surface area contributed by atoms with Crippen LogP contribution in [0.25, 0.3) is 0 Å². The van der Waals surface area contributed by atoms with Crippen LogP contribution < -0.4 is 5.73 Å². The van der Waals surface area contributed by atoms with E-state index in [2.05, 4.69) is 60.7 Å². The first-order chi connectivity index (χ1) is 8.95. The Labute approximate surface area is 133 Å². The Hall–Kier alpha value is -0.580.